The SMILES string of the molecule is B[C@@H]1O[C@H](CO)C(OP(=O)(O)CC)C1OC. The second-order valence-electron chi connectivity index (χ2n) is 3.79. The maximum atomic E-state index is 11.5. The number of aliphatic hydroxyl groups is 1. The normalized spacial score (nSPS) is 38.5. The molecule has 0 radical (unpaired) electrons. The molecule has 0 aromatic carbocycles. The van der Waals surface area contributed by atoms with Gasteiger partial charge in [0.15, 0.2) is 0 Å². The van der Waals surface area contributed by atoms with Crippen LogP contribution in [0.1, 0.15) is 6.92 Å². The van der Waals surface area contributed by atoms with Gasteiger partial charge >= 0.3 is 7.60 Å². The number of aliphatic hydroxyl groups excluding tert-OH is 1. The highest BCUT2D eigenvalue weighted by Gasteiger charge is 2.45. The van der Waals surface area contributed by atoms with E-state index in [1.54, 1.807) is 14.8 Å². The summed E-state index contributed by atoms with van der Waals surface area (Å²) in [7, 11) is -0.368. The van der Waals surface area contributed by atoms with E-state index in [9.17, 15) is 9.46 Å². The van der Waals surface area contributed by atoms with Crippen LogP contribution in [0, 0.1) is 0 Å². The molecule has 1 aliphatic heterocycles. The van der Waals surface area contributed by atoms with Crippen molar-refractivity contribution < 1.29 is 28.6 Å². The average Bonchev–Trinajstić information content (AvgIpc) is 2.53. The number of ether oxygens (including phenoxy) is 2. The highest BCUT2D eigenvalue weighted by molar-refractivity contribution is 7.52. The molecule has 5 atom stereocenters. The third kappa shape index (κ3) is 3.06. The van der Waals surface area contributed by atoms with Gasteiger partial charge in [0, 0.05) is 13.3 Å². The van der Waals surface area contributed by atoms with Crippen LogP contribution in [-0.2, 0) is 18.6 Å². The largest absolute Gasteiger partial charge is 0.394 e. The molecule has 3 unspecified atom stereocenters. The Labute approximate surface area is 95.8 Å². The summed E-state index contributed by atoms with van der Waals surface area (Å²) in [4.78, 5) is 9.44. The van der Waals surface area contributed by atoms with Gasteiger partial charge < -0.3 is 19.5 Å². The summed E-state index contributed by atoms with van der Waals surface area (Å²) in [5.41, 5.74) is 0. The lowest BCUT2D eigenvalue weighted by molar-refractivity contribution is -0.00544. The first-order valence-corrected chi connectivity index (χ1v) is 7.00. The van der Waals surface area contributed by atoms with Crippen LogP contribution >= 0.6 is 7.60 Å². The second-order valence-corrected chi connectivity index (χ2v) is 5.90. The number of methoxy groups -OCH3 is 1. The Balaban J connectivity index is 2.77. The molecule has 0 aromatic rings. The Bertz CT molecular complexity index is 275. The molecule has 1 fully saturated rings. The van der Waals surface area contributed by atoms with Crippen LogP contribution in [0.3, 0.4) is 0 Å². The number of rotatable bonds is 5. The van der Waals surface area contributed by atoms with Crippen molar-refractivity contribution in [3.63, 3.8) is 0 Å². The molecule has 0 aliphatic carbocycles. The Morgan fingerprint density at radius 1 is 1.50 bits per heavy atom. The van der Waals surface area contributed by atoms with Crippen LogP contribution in [0.15, 0.2) is 0 Å². The first-order chi connectivity index (χ1) is 7.45. The first kappa shape index (κ1) is 14.2. The molecule has 0 saturated carbocycles. The molecule has 94 valence electrons. The molecule has 2 N–H and O–H groups in total. The summed E-state index contributed by atoms with van der Waals surface area (Å²) in [6.45, 7) is 1.30. The van der Waals surface area contributed by atoms with Crippen molar-refractivity contribution in [2.45, 2.75) is 31.2 Å². The summed E-state index contributed by atoms with van der Waals surface area (Å²) in [6, 6.07) is -0.274. The van der Waals surface area contributed by atoms with Gasteiger partial charge in [-0.3, -0.25) is 9.09 Å². The summed E-state index contributed by atoms with van der Waals surface area (Å²) in [5.74, 6) is 0. The fourth-order valence-corrected chi connectivity index (χ4v) is 2.56. The van der Waals surface area contributed by atoms with E-state index < -0.39 is 25.9 Å². The predicted octanol–water partition coefficient (Wildman–Crippen LogP) is -1.06. The Hall–Kier alpha value is 0.0949. The second kappa shape index (κ2) is 5.62. The third-order valence-corrected chi connectivity index (χ3v) is 4.05. The van der Waals surface area contributed by atoms with Gasteiger partial charge in [-0.25, -0.2) is 0 Å². The highest BCUT2D eigenvalue weighted by Crippen LogP contribution is 2.45. The van der Waals surface area contributed by atoms with E-state index in [1.807, 2.05) is 0 Å². The van der Waals surface area contributed by atoms with E-state index in [0.717, 1.165) is 0 Å². The maximum Gasteiger partial charge on any atom is 0.328 e. The van der Waals surface area contributed by atoms with Crippen molar-refractivity contribution in [3.8, 4) is 0 Å². The van der Waals surface area contributed by atoms with Crippen LogP contribution in [0.2, 0.25) is 0 Å². The molecule has 0 spiro atoms. The fourth-order valence-electron chi connectivity index (χ4n) is 1.77. The zero-order valence-corrected chi connectivity index (χ0v) is 10.6. The van der Waals surface area contributed by atoms with Gasteiger partial charge in [-0.15, -0.1) is 0 Å². The lowest BCUT2D eigenvalue weighted by Gasteiger charge is -2.24. The molecular formula is C8H18BO6P. The van der Waals surface area contributed by atoms with Gasteiger partial charge in [0.1, 0.15) is 26.2 Å². The quantitative estimate of drug-likeness (QED) is 0.479. The van der Waals surface area contributed by atoms with E-state index in [0.29, 0.717) is 0 Å². The molecule has 1 aliphatic rings. The molecule has 16 heavy (non-hydrogen) atoms. The summed E-state index contributed by atoms with van der Waals surface area (Å²) in [5, 5.41) is 9.11. The van der Waals surface area contributed by atoms with Gasteiger partial charge in [0.2, 0.25) is 0 Å². The lowest BCUT2D eigenvalue weighted by Crippen LogP contribution is -2.37. The number of hydrogen-bond acceptors (Lipinski definition) is 5. The topological polar surface area (TPSA) is 85.2 Å². The molecule has 6 nitrogen and oxygen atoms in total. The van der Waals surface area contributed by atoms with Gasteiger partial charge in [-0.05, 0) is 0 Å². The predicted molar refractivity (Wildman–Crippen MR) is 60.3 cm³/mol. The Kier molecular flexibility index (Phi) is 4.97. The molecule has 0 bridgehead atoms. The van der Waals surface area contributed by atoms with Gasteiger partial charge in [0.25, 0.3) is 0 Å². The van der Waals surface area contributed by atoms with E-state index >= 15 is 0 Å². The summed E-state index contributed by atoms with van der Waals surface area (Å²) in [6.07, 6.45) is -1.75. The minimum absolute atomic E-state index is 0.0203. The van der Waals surface area contributed by atoms with Gasteiger partial charge in [-0.1, -0.05) is 6.92 Å². The minimum Gasteiger partial charge on any atom is -0.394 e. The zero-order valence-electron chi connectivity index (χ0n) is 9.70. The van der Waals surface area contributed by atoms with E-state index in [-0.39, 0.29) is 18.8 Å². The Morgan fingerprint density at radius 2 is 2.12 bits per heavy atom. The standard InChI is InChI=1S/C8H18BO6P/c1-3-16(11,12)15-6-5(4-10)14-8(9)7(6)13-2/h5-8,10H,3-4,9H2,1-2H3,(H,11,12)/t5-,6?,7?,8-/m1/s1. The Morgan fingerprint density at radius 3 is 2.56 bits per heavy atom. The molecule has 0 amide bonds. The molecule has 1 heterocycles. The van der Waals surface area contributed by atoms with Crippen molar-refractivity contribution in [2.24, 2.45) is 0 Å². The maximum absolute atomic E-state index is 11.5. The molecule has 0 aromatic heterocycles. The van der Waals surface area contributed by atoms with Crippen LogP contribution in [0.25, 0.3) is 0 Å². The smallest absolute Gasteiger partial charge is 0.328 e. The molecule has 8 heteroatoms. The van der Waals surface area contributed by atoms with Crippen LogP contribution in [-0.4, -0.2) is 62.0 Å². The van der Waals surface area contributed by atoms with Gasteiger partial charge in [0.05, 0.1) is 12.6 Å². The van der Waals surface area contributed by atoms with Gasteiger partial charge in [-0.2, -0.15) is 0 Å². The summed E-state index contributed by atoms with van der Waals surface area (Å²) < 4.78 is 27.2. The van der Waals surface area contributed by atoms with Crippen LogP contribution < -0.4 is 0 Å². The minimum atomic E-state index is -3.62. The van der Waals surface area contributed by atoms with Crippen molar-refractivity contribution in [2.75, 3.05) is 19.9 Å². The monoisotopic (exact) mass is 252 g/mol. The van der Waals surface area contributed by atoms with Crippen molar-refractivity contribution >= 4 is 15.4 Å². The molecule has 1 saturated heterocycles. The average molecular weight is 252 g/mol. The lowest BCUT2D eigenvalue weighted by atomic mass is 9.93. The van der Waals surface area contributed by atoms with E-state index in [4.69, 9.17) is 19.1 Å². The summed E-state index contributed by atoms with van der Waals surface area (Å²) >= 11 is 0. The third-order valence-electron chi connectivity index (χ3n) is 2.68. The van der Waals surface area contributed by atoms with Crippen molar-refractivity contribution in [3.05, 3.63) is 0 Å². The van der Waals surface area contributed by atoms with Crippen LogP contribution in [0.5, 0.6) is 0 Å². The van der Waals surface area contributed by atoms with Crippen LogP contribution in [0.4, 0.5) is 0 Å². The van der Waals surface area contributed by atoms with Crippen molar-refractivity contribution in [1.29, 1.82) is 0 Å². The fraction of sp³-hybridized carbons (Fsp3) is 1.00. The highest BCUT2D eigenvalue weighted by atomic mass is 31.2. The molecular weight excluding hydrogens is 234 g/mol. The van der Waals surface area contributed by atoms with Crippen molar-refractivity contribution in [1.82, 2.24) is 0 Å². The zero-order chi connectivity index (χ0) is 12.3. The number of hydrogen-bond donors (Lipinski definition) is 2. The van der Waals surface area contributed by atoms with E-state index in [1.165, 1.54) is 7.11 Å². The van der Waals surface area contributed by atoms with E-state index in [2.05, 4.69) is 0 Å². The first-order valence-electron chi connectivity index (χ1n) is 5.24. The molecule has 1 rings (SSSR count).